The highest BCUT2D eigenvalue weighted by atomic mass is 31.0. The van der Waals surface area contributed by atoms with E-state index >= 15 is 0 Å². The quantitative estimate of drug-likeness (QED) is 0.639. The molecule has 3 aromatic carbocycles. The van der Waals surface area contributed by atoms with Gasteiger partial charge >= 0.3 is 5.97 Å². The summed E-state index contributed by atoms with van der Waals surface area (Å²) in [5, 5.41) is 0. The predicted molar refractivity (Wildman–Crippen MR) is 92.4 cm³/mol. The summed E-state index contributed by atoms with van der Waals surface area (Å²) in [5.41, 5.74) is 4.52. The van der Waals surface area contributed by atoms with E-state index in [-0.39, 0.29) is 5.97 Å². The van der Waals surface area contributed by atoms with Gasteiger partial charge in [0, 0.05) is 5.56 Å². The summed E-state index contributed by atoms with van der Waals surface area (Å²) in [5.74, 6) is -0.360. The molecular formula is C19H15O2P. The van der Waals surface area contributed by atoms with Gasteiger partial charge in [0.05, 0.1) is 15.0 Å². The van der Waals surface area contributed by atoms with Crippen LogP contribution in [0.15, 0.2) is 78.9 Å². The average molecular weight is 306 g/mol. The van der Waals surface area contributed by atoms with Crippen molar-refractivity contribution in [2.24, 2.45) is 0 Å². The number of hydrogen-bond acceptors (Lipinski definition) is 2. The van der Waals surface area contributed by atoms with Gasteiger partial charge in [-0.05, 0) is 22.8 Å². The maximum absolute atomic E-state index is 12.1. The summed E-state index contributed by atoms with van der Waals surface area (Å²) in [6.45, 7) is 0. The van der Waals surface area contributed by atoms with Crippen molar-refractivity contribution >= 4 is 15.4 Å². The normalized spacial score (nSPS) is 10.2. The Bertz CT molecular complexity index is 783. The van der Waals surface area contributed by atoms with Crippen LogP contribution in [0.5, 0.6) is 0 Å². The minimum atomic E-state index is -0.360. The van der Waals surface area contributed by atoms with Crippen molar-refractivity contribution in [3.8, 4) is 22.3 Å². The van der Waals surface area contributed by atoms with Crippen LogP contribution in [0.25, 0.3) is 22.3 Å². The molecule has 1 atom stereocenters. The van der Waals surface area contributed by atoms with Gasteiger partial charge < -0.3 is 4.52 Å². The molecule has 0 aromatic heterocycles. The van der Waals surface area contributed by atoms with E-state index in [2.05, 4.69) is 0 Å². The van der Waals surface area contributed by atoms with Gasteiger partial charge in [-0.1, -0.05) is 72.8 Å². The monoisotopic (exact) mass is 306 g/mol. The maximum Gasteiger partial charge on any atom is 0.340 e. The highest BCUT2D eigenvalue weighted by Gasteiger charge is 2.17. The molecule has 3 heteroatoms. The zero-order chi connectivity index (χ0) is 15.4. The van der Waals surface area contributed by atoms with Crippen LogP contribution in [-0.4, -0.2) is 5.97 Å². The Morgan fingerprint density at radius 1 is 0.727 bits per heavy atom. The molecule has 22 heavy (non-hydrogen) atoms. The van der Waals surface area contributed by atoms with Gasteiger partial charge in [0.2, 0.25) is 0 Å². The van der Waals surface area contributed by atoms with Gasteiger partial charge in [-0.25, -0.2) is 4.79 Å². The Morgan fingerprint density at radius 2 is 1.32 bits per heavy atom. The molecule has 0 N–H and O–H groups in total. The number of carbonyl (C=O) groups is 1. The predicted octanol–water partition coefficient (Wildman–Crippen LogP) is 4.97. The van der Waals surface area contributed by atoms with E-state index < -0.39 is 0 Å². The van der Waals surface area contributed by atoms with Crippen LogP contribution in [-0.2, 0) is 4.52 Å². The van der Waals surface area contributed by atoms with E-state index in [0.29, 0.717) is 5.56 Å². The molecule has 0 bridgehead atoms. The van der Waals surface area contributed by atoms with Crippen LogP contribution in [0.4, 0.5) is 0 Å². The number of carbonyl (C=O) groups excluding carboxylic acids is 1. The summed E-state index contributed by atoms with van der Waals surface area (Å²) < 4.78 is 4.87. The van der Waals surface area contributed by atoms with Crippen LogP contribution >= 0.6 is 9.47 Å². The minimum Gasteiger partial charge on any atom is -0.448 e. The Hall–Kier alpha value is -2.44. The van der Waals surface area contributed by atoms with Crippen molar-refractivity contribution in [3.63, 3.8) is 0 Å². The standard InChI is InChI=1S/C19H15O2P/c20-19(21-22)17-13-7-12-16(14-8-3-1-4-9-14)18(17)15-10-5-2-6-11-15/h1-13H,22H2. The van der Waals surface area contributed by atoms with Crippen LogP contribution < -0.4 is 0 Å². The van der Waals surface area contributed by atoms with Gasteiger partial charge in [-0.2, -0.15) is 0 Å². The minimum absolute atomic E-state index is 0.360. The van der Waals surface area contributed by atoms with E-state index in [1.165, 1.54) is 0 Å². The lowest BCUT2D eigenvalue weighted by atomic mass is 9.90. The first-order valence-corrected chi connectivity index (χ1v) is 7.43. The lowest BCUT2D eigenvalue weighted by Crippen LogP contribution is -2.02. The van der Waals surface area contributed by atoms with Gasteiger partial charge in [0.25, 0.3) is 0 Å². The van der Waals surface area contributed by atoms with Crippen LogP contribution in [0.3, 0.4) is 0 Å². The van der Waals surface area contributed by atoms with Gasteiger partial charge in [0.15, 0.2) is 0 Å². The van der Waals surface area contributed by atoms with Crippen molar-refractivity contribution in [1.29, 1.82) is 0 Å². The van der Waals surface area contributed by atoms with Crippen LogP contribution in [0.1, 0.15) is 10.4 Å². The van der Waals surface area contributed by atoms with E-state index in [0.717, 1.165) is 22.3 Å². The molecule has 0 saturated heterocycles. The summed E-state index contributed by atoms with van der Waals surface area (Å²) in [6.07, 6.45) is 0. The molecule has 108 valence electrons. The number of rotatable bonds is 3. The van der Waals surface area contributed by atoms with Crippen molar-refractivity contribution in [1.82, 2.24) is 0 Å². The molecule has 0 aliphatic rings. The summed E-state index contributed by atoms with van der Waals surface area (Å²) in [4.78, 5) is 12.1. The lowest BCUT2D eigenvalue weighted by molar-refractivity contribution is 0.0766. The highest BCUT2D eigenvalue weighted by molar-refractivity contribution is 7.10. The zero-order valence-electron chi connectivity index (χ0n) is 11.9. The largest absolute Gasteiger partial charge is 0.448 e. The maximum atomic E-state index is 12.1. The van der Waals surface area contributed by atoms with Gasteiger partial charge in [-0.15, -0.1) is 0 Å². The third-order valence-corrected chi connectivity index (χ3v) is 3.75. The fraction of sp³-hybridized carbons (Fsp3) is 0. The smallest absolute Gasteiger partial charge is 0.340 e. The molecule has 2 nitrogen and oxygen atoms in total. The molecule has 0 aliphatic carbocycles. The third-order valence-electron chi connectivity index (χ3n) is 3.54. The molecule has 3 aromatic rings. The Labute approximate surface area is 132 Å². The van der Waals surface area contributed by atoms with Crippen molar-refractivity contribution < 1.29 is 9.32 Å². The van der Waals surface area contributed by atoms with Gasteiger partial charge in [-0.3, -0.25) is 0 Å². The Balaban J connectivity index is 2.29. The summed E-state index contributed by atoms with van der Waals surface area (Å²) in [7, 11) is 2.02. The molecule has 0 fully saturated rings. The molecule has 0 heterocycles. The Morgan fingerprint density at radius 3 is 1.91 bits per heavy atom. The zero-order valence-corrected chi connectivity index (χ0v) is 13.1. The second-order valence-electron chi connectivity index (χ2n) is 4.87. The molecule has 0 spiro atoms. The van der Waals surface area contributed by atoms with E-state index in [9.17, 15) is 4.79 Å². The first-order valence-electron chi connectivity index (χ1n) is 6.96. The summed E-state index contributed by atoms with van der Waals surface area (Å²) >= 11 is 0. The van der Waals surface area contributed by atoms with Gasteiger partial charge in [0.1, 0.15) is 0 Å². The highest BCUT2D eigenvalue weighted by Crippen LogP contribution is 2.35. The molecule has 1 unspecified atom stereocenters. The van der Waals surface area contributed by atoms with Crippen LogP contribution in [0, 0.1) is 0 Å². The molecule has 0 radical (unpaired) electrons. The molecule has 0 amide bonds. The summed E-state index contributed by atoms with van der Waals surface area (Å²) in [6, 6.07) is 25.6. The van der Waals surface area contributed by atoms with E-state index in [4.69, 9.17) is 4.52 Å². The first kappa shape index (κ1) is 14.5. The third kappa shape index (κ3) is 2.79. The second kappa shape index (κ2) is 6.55. The van der Waals surface area contributed by atoms with Crippen molar-refractivity contribution in [2.45, 2.75) is 0 Å². The number of benzene rings is 3. The van der Waals surface area contributed by atoms with Crippen LogP contribution in [0.2, 0.25) is 0 Å². The van der Waals surface area contributed by atoms with Crippen molar-refractivity contribution in [2.75, 3.05) is 0 Å². The molecule has 0 aliphatic heterocycles. The fourth-order valence-electron chi connectivity index (χ4n) is 2.56. The lowest BCUT2D eigenvalue weighted by Gasteiger charge is -2.14. The molecule has 0 saturated carbocycles. The molecule has 3 rings (SSSR count). The topological polar surface area (TPSA) is 26.3 Å². The SMILES string of the molecule is O=C(OP)c1cccc(-c2ccccc2)c1-c1ccccc1. The Kier molecular flexibility index (Phi) is 4.32. The van der Waals surface area contributed by atoms with E-state index in [1.54, 1.807) is 6.07 Å². The first-order chi connectivity index (χ1) is 10.8. The molecular weight excluding hydrogens is 291 g/mol. The second-order valence-corrected chi connectivity index (χ2v) is 5.10. The average Bonchev–Trinajstić information content (AvgIpc) is 2.62. The fourth-order valence-corrected chi connectivity index (χ4v) is 2.69. The van der Waals surface area contributed by atoms with Crippen molar-refractivity contribution in [3.05, 3.63) is 84.4 Å². The number of hydrogen-bond donors (Lipinski definition) is 0. The van der Waals surface area contributed by atoms with E-state index in [1.807, 2.05) is 82.3 Å².